The minimum Gasteiger partial charge on any atom is -0.337 e. The third-order valence-corrected chi connectivity index (χ3v) is 5.33. The standard InChI is InChI=1S/C21H22N4O3/c26-19-15-24(14-16-6-9-22-10-7-16)21(28)18-8-11-23(12-13-25(18)19)20(27)17-4-2-1-3-5-17/h1-7,9-10,18H,8,11-15H2. The molecule has 0 radical (unpaired) electrons. The largest absolute Gasteiger partial charge is 0.337 e. The average molecular weight is 378 g/mol. The zero-order valence-electron chi connectivity index (χ0n) is 15.5. The van der Waals surface area contributed by atoms with E-state index in [1.165, 1.54) is 0 Å². The molecule has 7 nitrogen and oxygen atoms in total. The summed E-state index contributed by atoms with van der Waals surface area (Å²) in [7, 11) is 0. The fraction of sp³-hybridized carbons (Fsp3) is 0.333. The Hall–Kier alpha value is -3.22. The zero-order chi connectivity index (χ0) is 19.5. The van der Waals surface area contributed by atoms with Crippen molar-refractivity contribution >= 4 is 17.7 Å². The van der Waals surface area contributed by atoms with Gasteiger partial charge in [-0.15, -0.1) is 0 Å². The van der Waals surface area contributed by atoms with Crippen LogP contribution >= 0.6 is 0 Å². The van der Waals surface area contributed by atoms with Crippen molar-refractivity contribution in [2.24, 2.45) is 0 Å². The van der Waals surface area contributed by atoms with Gasteiger partial charge in [-0.2, -0.15) is 0 Å². The summed E-state index contributed by atoms with van der Waals surface area (Å²) >= 11 is 0. The zero-order valence-corrected chi connectivity index (χ0v) is 15.5. The summed E-state index contributed by atoms with van der Waals surface area (Å²) in [6, 6.07) is 12.3. The molecule has 1 atom stereocenters. The number of benzene rings is 1. The lowest BCUT2D eigenvalue weighted by molar-refractivity contribution is -0.156. The molecular weight excluding hydrogens is 356 g/mol. The molecule has 144 valence electrons. The van der Waals surface area contributed by atoms with Gasteiger partial charge in [-0.1, -0.05) is 18.2 Å². The van der Waals surface area contributed by atoms with E-state index in [-0.39, 0.29) is 24.3 Å². The minimum absolute atomic E-state index is 0.0505. The third-order valence-electron chi connectivity index (χ3n) is 5.33. The van der Waals surface area contributed by atoms with Gasteiger partial charge in [0.05, 0.1) is 0 Å². The number of hydrogen-bond acceptors (Lipinski definition) is 4. The molecule has 3 heterocycles. The van der Waals surface area contributed by atoms with E-state index in [0.29, 0.717) is 38.2 Å². The summed E-state index contributed by atoms with van der Waals surface area (Å²) in [6.07, 6.45) is 3.81. The third kappa shape index (κ3) is 3.60. The van der Waals surface area contributed by atoms with Crippen LogP contribution < -0.4 is 0 Å². The molecule has 1 aromatic carbocycles. The topological polar surface area (TPSA) is 73.8 Å². The van der Waals surface area contributed by atoms with Gasteiger partial charge in [0.25, 0.3) is 5.91 Å². The number of fused-ring (bicyclic) bond motifs is 1. The molecule has 2 aromatic rings. The van der Waals surface area contributed by atoms with Crippen molar-refractivity contribution in [1.82, 2.24) is 19.7 Å². The van der Waals surface area contributed by atoms with Crippen LogP contribution in [0.25, 0.3) is 0 Å². The Balaban J connectivity index is 1.47. The van der Waals surface area contributed by atoms with E-state index >= 15 is 0 Å². The second-order valence-corrected chi connectivity index (χ2v) is 7.10. The monoisotopic (exact) mass is 378 g/mol. The fourth-order valence-electron chi connectivity index (χ4n) is 3.84. The summed E-state index contributed by atoms with van der Waals surface area (Å²) in [5, 5.41) is 0. The number of piperazine rings is 1. The molecule has 1 aromatic heterocycles. The van der Waals surface area contributed by atoms with Gasteiger partial charge >= 0.3 is 0 Å². The van der Waals surface area contributed by atoms with Gasteiger partial charge in [0.2, 0.25) is 11.8 Å². The van der Waals surface area contributed by atoms with Crippen molar-refractivity contribution in [3.8, 4) is 0 Å². The molecule has 3 amide bonds. The molecule has 0 spiro atoms. The Morgan fingerprint density at radius 2 is 1.75 bits per heavy atom. The van der Waals surface area contributed by atoms with Crippen LogP contribution in [0.2, 0.25) is 0 Å². The van der Waals surface area contributed by atoms with Gasteiger partial charge in [0.15, 0.2) is 0 Å². The number of hydrogen-bond donors (Lipinski definition) is 0. The highest BCUT2D eigenvalue weighted by molar-refractivity contribution is 5.96. The van der Waals surface area contributed by atoms with Gasteiger partial charge in [-0.25, -0.2) is 0 Å². The molecule has 2 aliphatic rings. The maximum atomic E-state index is 13.0. The van der Waals surface area contributed by atoms with Gasteiger partial charge in [-0.3, -0.25) is 19.4 Å². The molecule has 2 aliphatic heterocycles. The molecule has 2 fully saturated rings. The molecule has 0 N–H and O–H groups in total. The number of nitrogens with zero attached hydrogens (tertiary/aromatic N) is 4. The van der Waals surface area contributed by atoms with Crippen molar-refractivity contribution < 1.29 is 14.4 Å². The molecule has 0 saturated carbocycles. The predicted molar refractivity (Wildman–Crippen MR) is 102 cm³/mol. The normalized spacial score (nSPS) is 20.0. The van der Waals surface area contributed by atoms with Crippen molar-refractivity contribution in [3.05, 3.63) is 66.0 Å². The molecule has 2 saturated heterocycles. The second kappa shape index (κ2) is 7.80. The molecule has 0 bridgehead atoms. The molecule has 4 rings (SSSR count). The predicted octanol–water partition coefficient (Wildman–Crippen LogP) is 1.17. The summed E-state index contributed by atoms with van der Waals surface area (Å²) in [5.41, 5.74) is 1.57. The Morgan fingerprint density at radius 1 is 1.00 bits per heavy atom. The first kappa shape index (κ1) is 18.2. The van der Waals surface area contributed by atoms with E-state index < -0.39 is 6.04 Å². The highest BCUT2D eigenvalue weighted by Gasteiger charge is 2.41. The van der Waals surface area contributed by atoms with Crippen LogP contribution in [-0.2, 0) is 16.1 Å². The highest BCUT2D eigenvalue weighted by atomic mass is 16.2. The highest BCUT2D eigenvalue weighted by Crippen LogP contribution is 2.21. The minimum atomic E-state index is -0.503. The molecule has 28 heavy (non-hydrogen) atoms. The number of rotatable bonds is 3. The summed E-state index contributed by atoms with van der Waals surface area (Å²) in [6.45, 7) is 1.75. The lowest BCUT2D eigenvalue weighted by Crippen LogP contribution is -2.59. The van der Waals surface area contributed by atoms with Gasteiger partial charge in [0.1, 0.15) is 12.6 Å². The van der Waals surface area contributed by atoms with E-state index in [1.54, 1.807) is 39.2 Å². The van der Waals surface area contributed by atoms with Crippen LogP contribution in [0.1, 0.15) is 22.3 Å². The summed E-state index contributed by atoms with van der Waals surface area (Å²) in [4.78, 5) is 47.4. The van der Waals surface area contributed by atoms with Crippen molar-refractivity contribution in [1.29, 1.82) is 0 Å². The van der Waals surface area contributed by atoms with Crippen LogP contribution in [0.3, 0.4) is 0 Å². The van der Waals surface area contributed by atoms with Crippen molar-refractivity contribution in [2.75, 3.05) is 26.2 Å². The summed E-state index contributed by atoms with van der Waals surface area (Å²) < 4.78 is 0. The number of pyridine rings is 1. The van der Waals surface area contributed by atoms with E-state index in [4.69, 9.17) is 0 Å². The van der Waals surface area contributed by atoms with E-state index in [2.05, 4.69) is 4.98 Å². The maximum absolute atomic E-state index is 13.0. The Bertz CT molecular complexity index is 872. The Morgan fingerprint density at radius 3 is 2.50 bits per heavy atom. The lowest BCUT2D eigenvalue weighted by Gasteiger charge is -2.39. The quantitative estimate of drug-likeness (QED) is 0.804. The molecular formula is C21H22N4O3. The van der Waals surface area contributed by atoms with Crippen LogP contribution in [0.5, 0.6) is 0 Å². The molecule has 1 unspecified atom stereocenters. The Labute approximate surface area is 163 Å². The van der Waals surface area contributed by atoms with Crippen LogP contribution in [0.4, 0.5) is 0 Å². The molecule has 7 heteroatoms. The SMILES string of the molecule is O=C(c1ccccc1)N1CCC2C(=O)N(Cc3ccncc3)CC(=O)N2CC1. The van der Waals surface area contributed by atoms with E-state index in [9.17, 15) is 14.4 Å². The van der Waals surface area contributed by atoms with E-state index in [0.717, 1.165) is 5.56 Å². The fourth-order valence-corrected chi connectivity index (χ4v) is 3.84. The van der Waals surface area contributed by atoms with Crippen LogP contribution in [0, 0.1) is 0 Å². The maximum Gasteiger partial charge on any atom is 0.253 e. The molecule has 0 aliphatic carbocycles. The number of carbonyl (C=O) groups excluding carboxylic acids is 3. The first-order chi connectivity index (χ1) is 13.6. The number of amides is 3. The second-order valence-electron chi connectivity index (χ2n) is 7.10. The van der Waals surface area contributed by atoms with Crippen molar-refractivity contribution in [2.45, 2.75) is 19.0 Å². The van der Waals surface area contributed by atoms with Crippen molar-refractivity contribution in [3.63, 3.8) is 0 Å². The lowest BCUT2D eigenvalue weighted by atomic mass is 10.1. The number of aromatic nitrogens is 1. The van der Waals surface area contributed by atoms with Gasteiger partial charge in [-0.05, 0) is 36.2 Å². The van der Waals surface area contributed by atoms with Crippen LogP contribution in [0.15, 0.2) is 54.9 Å². The average Bonchev–Trinajstić information content (AvgIpc) is 2.96. The number of carbonyl (C=O) groups is 3. The first-order valence-electron chi connectivity index (χ1n) is 9.45. The summed E-state index contributed by atoms with van der Waals surface area (Å²) in [5.74, 6) is -0.174. The smallest absolute Gasteiger partial charge is 0.253 e. The van der Waals surface area contributed by atoms with Gasteiger partial charge < -0.3 is 14.7 Å². The Kier molecular flexibility index (Phi) is 5.06. The van der Waals surface area contributed by atoms with Gasteiger partial charge in [0, 0.05) is 44.1 Å². The van der Waals surface area contributed by atoms with Crippen LogP contribution in [-0.4, -0.2) is 69.6 Å². The first-order valence-corrected chi connectivity index (χ1v) is 9.45. The van der Waals surface area contributed by atoms with E-state index in [1.807, 2.05) is 30.3 Å².